The fourth-order valence-corrected chi connectivity index (χ4v) is 4.19. The SMILES string of the molecule is O=C(Cc1ccccc1)Oc1ccc(N2C(=O)c3c(Cl)c(Cl)c(Cl)c(Cl)c3C2=O)cc1. The van der Waals surface area contributed by atoms with Crippen molar-refractivity contribution in [2.45, 2.75) is 6.42 Å². The van der Waals surface area contributed by atoms with Crippen molar-refractivity contribution >= 4 is 69.9 Å². The van der Waals surface area contributed by atoms with Crippen LogP contribution < -0.4 is 9.64 Å². The lowest BCUT2D eigenvalue weighted by Crippen LogP contribution is -2.29. The highest BCUT2D eigenvalue weighted by molar-refractivity contribution is 6.56. The Balaban J connectivity index is 1.56. The van der Waals surface area contributed by atoms with Crippen molar-refractivity contribution in [3.8, 4) is 5.75 Å². The summed E-state index contributed by atoms with van der Waals surface area (Å²) >= 11 is 24.3. The van der Waals surface area contributed by atoms with Gasteiger partial charge in [-0.05, 0) is 29.8 Å². The zero-order valence-corrected chi connectivity index (χ0v) is 18.5. The van der Waals surface area contributed by atoms with Crippen LogP contribution >= 0.6 is 46.4 Å². The molecule has 156 valence electrons. The van der Waals surface area contributed by atoms with Crippen LogP contribution in [-0.2, 0) is 11.2 Å². The molecule has 3 aromatic rings. The maximum absolute atomic E-state index is 12.9. The third kappa shape index (κ3) is 3.90. The first kappa shape index (κ1) is 21.7. The number of carbonyl (C=O) groups is 3. The second kappa shape index (κ2) is 8.52. The average molecular weight is 495 g/mol. The smallest absolute Gasteiger partial charge is 0.315 e. The van der Waals surface area contributed by atoms with E-state index >= 15 is 0 Å². The molecule has 3 aromatic carbocycles. The number of fused-ring (bicyclic) bond motifs is 1. The van der Waals surface area contributed by atoms with Crippen LogP contribution in [0.3, 0.4) is 0 Å². The van der Waals surface area contributed by atoms with Gasteiger partial charge in [-0.15, -0.1) is 0 Å². The normalized spacial score (nSPS) is 12.8. The quantitative estimate of drug-likeness (QED) is 0.141. The standard InChI is InChI=1S/C22H11Cl4NO4/c23-17-15-16(18(24)20(26)19(17)25)22(30)27(21(15)29)12-6-8-13(9-7-12)31-14(28)10-11-4-2-1-3-5-11/h1-9H,10H2. The zero-order chi connectivity index (χ0) is 22.3. The lowest BCUT2D eigenvalue weighted by Gasteiger charge is -2.14. The predicted molar refractivity (Wildman–Crippen MR) is 120 cm³/mol. The lowest BCUT2D eigenvalue weighted by atomic mass is 10.1. The van der Waals surface area contributed by atoms with Crippen LogP contribution in [0, 0.1) is 0 Å². The second-order valence-electron chi connectivity index (χ2n) is 6.58. The number of anilines is 1. The van der Waals surface area contributed by atoms with E-state index in [-0.39, 0.29) is 49.1 Å². The number of nitrogens with zero attached hydrogens (tertiary/aromatic N) is 1. The summed E-state index contributed by atoms with van der Waals surface area (Å²) in [5, 5.41) is -0.483. The van der Waals surface area contributed by atoms with Gasteiger partial charge >= 0.3 is 5.97 Å². The molecule has 4 rings (SSSR count). The molecule has 0 bridgehead atoms. The molecule has 1 heterocycles. The predicted octanol–water partition coefficient (Wildman–Crippen LogP) is 6.25. The number of carbonyl (C=O) groups excluding carboxylic acids is 3. The van der Waals surface area contributed by atoms with E-state index in [1.54, 1.807) is 0 Å². The highest BCUT2D eigenvalue weighted by Crippen LogP contribution is 2.45. The van der Waals surface area contributed by atoms with Crippen LogP contribution in [0.15, 0.2) is 54.6 Å². The molecule has 1 aliphatic heterocycles. The lowest BCUT2D eigenvalue weighted by molar-refractivity contribution is -0.133. The number of halogens is 4. The molecule has 0 aromatic heterocycles. The molecule has 0 unspecified atom stereocenters. The number of esters is 1. The van der Waals surface area contributed by atoms with Crippen molar-refractivity contribution < 1.29 is 19.1 Å². The Kier molecular flexibility index (Phi) is 5.95. The molecule has 0 spiro atoms. The van der Waals surface area contributed by atoms with Gasteiger partial charge in [-0.1, -0.05) is 76.7 Å². The fraction of sp³-hybridized carbons (Fsp3) is 0.0455. The minimum absolute atomic E-state index is 0.101. The van der Waals surface area contributed by atoms with E-state index in [0.29, 0.717) is 0 Å². The number of hydrogen-bond acceptors (Lipinski definition) is 4. The minimum Gasteiger partial charge on any atom is -0.426 e. The summed E-state index contributed by atoms with van der Waals surface area (Å²) in [6, 6.07) is 15.1. The molecular weight excluding hydrogens is 484 g/mol. The number of rotatable bonds is 4. The monoisotopic (exact) mass is 493 g/mol. The maximum Gasteiger partial charge on any atom is 0.315 e. The van der Waals surface area contributed by atoms with E-state index in [1.807, 2.05) is 30.3 Å². The molecule has 31 heavy (non-hydrogen) atoms. The summed E-state index contributed by atoms with van der Waals surface area (Å²) in [5.74, 6) is -1.54. The van der Waals surface area contributed by atoms with Crippen LogP contribution in [0.25, 0.3) is 0 Å². The van der Waals surface area contributed by atoms with E-state index in [9.17, 15) is 14.4 Å². The summed E-state index contributed by atoms with van der Waals surface area (Å²) in [6.07, 6.45) is 0.111. The average Bonchev–Trinajstić information content (AvgIpc) is 3.02. The molecule has 5 nitrogen and oxygen atoms in total. The van der Waals surface area contributed by atoms with Crippen molar-refractivity contribution in [3.63, 3.8) is 0 Å². The van der Waals surface area contributed by atoms with Crippen molar-refractivity contribution in [1.29, 1.82) is 0 Å². The zero-order valence-electron chi connectivity index (χ0n) is 15.5. The highest BCUT2D eigenvalue weighted by Gasteiger charge is 2.42. The van der Waals surface area contributed by atoms with Crippen LogP contribution in [0.4, 0.5) is 5.69 Å². The minimum atomic E-state index is -0.681. The molecule has 0 saturated carbocycles. The molecule has 0 fully saturated rings. The Hall–Kier alpha value is -2.57. The van der Waals surface area contributed by atoms with Crippen molar-refractivity contribution in [2.75, 3.05) is 4.90 Å². The van der Waals surface area contributed by atoms with Gasteiger partial charge in [0.15, 0.2) is 0 Å². The fourth-order valence-electron chi connectivity index (χ4n) is 3.18. The number of benzene rings is 3. The third-order valence-electron chi connectivity index (χ3n) is 4.62. The molecule has 0 radical (unpaired) electrons. The van der Waals surface area contributed by atoms with Crippen LogP contribution in [0.5, 0.6) is 5.75 Å². The molecular formula is C22H11Cl4NO4. The van der Waals surface area contributed by atoms with E-state index in [4.69, 9.17) is 51.1 Å². The number of hydrogen-bond donors (Lipinski definition) is 0. The molecule has 0 atom stereocenters. The van der Waals surface area contributed by atoms with Crippen LogP contribution in [0.2, 0.25) is 20.1 Å². The van der Waals surface area contributed by atoms with Gasteiger partial charge in [-0.2, -0.15) is 0 Å². The van der Waals surface area contributed by atoms with E-state index in [2.05, 4.69) is 0 Å². The van der Waals surface area contributed by atoms with Gasteiger partial charge in [0.2, 0.25) is 0 Å². The maximum atomic E-state index is 12.9. The Morgan fingerprint density at radius 3 is 1.77 bits per heavy atom. The van der Waals surface area contributed by atoms with Gasteiger partial charge in [0.1, 0.15) is 5.75 Å². The topological polar surface area (TPSA) is 63.7 Å². The first-order valence-corrected chi connectivity index (χ1v) is 10.4. The first-order valence-electron chi connectivity index (χ1n) is 8.89. The van der Waals surface area contributed by atoms with Gasteiger partial charge in [0.25, 0.3) is 11.8 Å². The van der Waals surface area contributed by atoms with E-state index in [1.165, 1.54) is 24.3 Å². The molecule has 1 aliphatic rings. The number of amides is 2. The first-order chi connectivity index (χ1) is 14.8. The van der Waals surface area contributed by atoms with Crippen LogP contribution in [0.1, 0.15) is 26.3 Å². The summed E-state index contributed by atoms with van der Waals surface area (Å²) in [6.45, 7) is 0. The summed E-state index contributed by atoms with van der Waals surface area (Å²) in [7, 11) is 0. The Morgan fingerprint density at radius 2 is 1.26 bits per heavy atom. The molecule has 2 amide bonds. The number of ether oxygens (including phenoxy) is 1. The highest BCUT2D eigenvalue weighted by atomic mass is 35.5. The number of imide groups is 1. The van der Waals surface area contributed by atoms with Gasteiger partial charge in [0, 0.05) is 0 Å². The Bertz CT molecular complexity index is 1180. The molecule has 9 heteroatoms. The Labute approximate surface area is 197 Å². The van der Waals surface area contributed by atoms with Gasteiger partial charge in [0.05, 0.1) is 43.3 Å². The van der Waals surface area contributed by atoms with Gasteiger partial charge in [-0.3, -0.25) is 14.4 Å². The molecule has 0 aliphatic carbocycles. The summed E-state index contributed by atoms with van der Waals surface area (Å²) < 4.78 is 5.32. The van der Waals surface area contributed by atoms with Crippen molar-refractivity contribution in [3.05, 3.63) is 91.4 Å². The molecule has 0 saturated heterocycles. The van der Waals surface area contributed by atoms with E-state index in [0.717, 1.165) is 10.5 Å². The van der Waals surface area contributed by atoms with Crippen molar-refractivity contribution in [1.82, 2.24) is 0 Å². The van der Waals surface area contributed by atoms with Crippen LogP contribution in [-0.4, -0.2) is 17.8 Å². The summed E-state index contributed by atoms with van der Waals surface area (Å²) in [5.41, 5.74) is 0.850. The van der Waals surface area contributed by atoms with E-state index < -0.39 is 17.8 Å². The molecule has 0 N–H and O–H groups in total. The third-order valence-corrected chi connectivity index (χ3v) is 6.42. The van der Waals surface area contributed by atoms with Crippen molar-refractivity contribution in [2.24, 2.45) is 0 Å². The Morgan fingerprint density at radius 1 is 0.742 bits per heavy atom. The van der Waals surface area contributed by atoms with Gasteiger partial charge in [-0.25, -0.2) is 4.90 Å². The summed E-state index contributed by atoms with van der Waals surface area (Å²) in [4.78, 5) is 38.8. The second-order valence-corrected chi connectivity index (χ2v) is 8.09. The van der Waals surface area contributed by atoms with Gasteiger partial charge < -0.3 is 4.74 Å². The largest absolute Gasteiger partial charge is 0.426 e.